The number of hydrogen-bond acceptors (Lipinski definition) is 3. The molecule has 0 spiro atoms. The van der Waals surface area contributed by atoms with E-state index in [1.54, 1.807) is 0 Å². The summed E-state index contributed by atoms with van der Waals surface area (Å²) in [6.45, 7) is 3.45. The molecule has 19 heavy (non-hydrogen) atoms. The van der Waals surface area contributed by atoms with E-state index in [1.807, 2.05) is 0 Å². The van der Waals surface area contributed by atoms with Crippen LogP contribution in [0.5, 0.6) is 0 Å². The molecule has 4 heteroatoms. The van der Waals surface area contributed by atoms with Crippen molar-refractivity contribution in [3.63, 3.8) is 0 Å². The van der Waals surface area contributed by atoms with Crippen molar-refractivity contribution >= 4 is 5.91 Å². The third-order valence-electron chi connectivity index (χ3n) is 5.92. The fourth-order valence-corrected chi connectivity index (χ4v) is 5.26. The topological polar surface area (TPSA) is 43.8 Å². The number of nitrogens with zero attached hydrogens (tertiary/aromatic N) is 2. The third-order valence-corrected chi connectivity index (χ3v) is 5.92. The maximum absolute atomic E-state index is 12.2. The highest BCUT2D eigenvalue weighted by atomic mass is 16.3. The summed E-state index contributed by atoms with van der Waals surface area (Å²) in [5, 5.41) is 9.95. The van der Waals surface area contributed by atoms with Gasteiger partial charge in [-0.3, -0.25) is 9.69 Å². The molecule has 4 aliphatic rings. The molecule has 0 radical (unpaired) electrons. The Morgan fingerprint density at radius 3 is 2.79 bits per heavy atom. The molecular weight excluding hydrogens is 240 g/mol. The predicted molar refractivity (Wildman–Crippen MR) is 71.6 cm³/mol. The van der Waals surface area contributed by atoms with Crippen LogP contribution in [0.1, 0.15) is 38.5 Å². The fourth-order valence-electron chi connectivity index (χ4n) is 5.26. The van der Waals surface area contributed by atoms with Crippen LogP contribution >= 0.6 is 0 Å². The van der Waals surface area contributed by atoms with Gasteiger partial charge in [-0.15, -0.1) is 0 Å². The van der Waals surface area contributed by atoms with Gasteiger partial charge in [0.25, 0.3) is 0 Å². The maximum atomic E-state index is 12.2. The van der Waals surface area contributed by atoms with Crippen molar-refractivity contribution in [1.29, 1.82) is 0 Å². The average molecular weight is 264 g/mol. The Balaban J connectivity index is 1.65. The minimum absolute atomic E-state index is 0.199. The molecule has 0 bridgehead atoms. The highest BCUT2D eigenvalue weighted by molar-refractivity contribution is 5.78. The van der Waals surface area contributed by atoms with E-state index in [0.717, 1.165) is 13.0 Å². The molecule has 106 valence electrons. The van der Waals surface area contributed by atoms with Crippen molar-refractivity contribution in [2.45, 2.75) is 56.7 Å². The molecule has 1 amide bonds. The molecule has 0 unspecified atom stereocenters. The molecule has 4 aliphatic heterocycles. The molecule has 0 saturated carbocycles. The van der Waals surface area contributed by atoms with Crippen LogP contribution in [0.2, 0.25) is 0 Å². The van der Waals surface area contributed by atoms with Crippen molar-refractivity contribution < 1.29 is 9.90 Å². The van der Waals surface area contributed by atoms with Gasteiger partial charge in [0.1, 0.15) is 0 Å². The number of piperidine rings is 4. The lowest BCUT2D eigenvalue weighted by molar-refractivity contribution is -0.157. The summed E-state index contributed by atoms with van der Waals surface area (Å²) in [5.74, 6) is 1.51. The number of rotatable bonds is 0. The Bertz CT molecular complexity index is 384. The lowest BCUT2D eigenvalue weighted by Gasteiger charge is -2.58. The van der Waals surface area contributed by atoms with Crippen LogP contribution in [0.15, 0.2) is 0 Å². The SMILES string of the molecule is O=C1C[C@@H](O)C[C@@H]2[C@@H]3CCCN4CCC[C@@H](CN12)[C@H]34. The normalized spacial score (nSPS) is 46.7. The molecule has 0 aromatic heterocycles. The van der Waals surface area contributed by atoms with Gasteiger partial charge >= 0.3 is 0 Å². The molecule has 4 fully saturated rings. The van der Waals surface area contributed by atoms with E-state index >= 15 is 0 Å². The molecule has 1 N–H and O–H groups in total. The number of fused-ring (bicyclic) bond motifs is 2. The van der Waals surface area contributed by atoms with Gasteiger partial charge in [-0.2, -0.15) is 0 Å². The van der Waals surface area contributed by atoms with E-state index < -0.39 is 6.10 Å². The summed E-state index contributed by atoms with van der Waals surface area (Å²) in [6, 6.07) is 1.01. The monoisotopic (exact) mass is 264 g/mol. The van der Waals surface area contributed by atoms with Gasteiger partial charge in [0, 0.05) is 18.6 Å². The minimum Gasteiger partial charge on any atom is -0.393 e. The summed E-state index contributed by atoms with van der Waals surface area (Å²) in [7, 11) is 0. The zero-order valence-electron chi connectivity index (χ0n) is 11.5. The number of aliphatic hydroxyl groups is 1. The van der Waals surface area contributed by atoms with Gasteiger partial charge < -0.3 is 10.0 Å². The van der Waals surface area contributed by atoms with Crippen LogP contribution in [0.25, 0.3) is 0 Å². The summed E-state index contributed by atoms with van der Waals surface area (Å²) >= 11 is 0. The second-order valence-electron chi connectivity index (χ2n) is 6.94. The van der Waals surface area contributed by atoms with Crippen LogP contribution in [-0.4, -0.2) is 58.6 Å². The van der Waals surface area contributed by atoms with Crippen molar-refractivity contribution in [2.24, 2.45) is 11.8 Å². The summed E-state index contributed by atoms with van der Waals surface area (Å²) in [4.78, 5) is 17.0. The zero-order chi connectivity index (χ0) is 13.0. The van der Waals surface area contributed by atoms with Gasteiger partial charge in [-0.1, -0.05) is 0 Å². The van der Waals surface area contributed by atoms with Crippen molar-refractivity contribution in [3.8, 4) is 0 Å². The van der Waals surface area contributed by atoms with E-state index in [9.17, 15) is 9.90 Å². The highest BCUT2D eigenvalue weighted by Crippen LogP contribution is 2.44. The lowest BCUT2D eigenvalue weighted by atomic mass is 9.68. The Morgan fingerprint density at radius 2 is 1.95 bits per heavy atom. The first-order chi connectivity index (χ1) is 9.24. The molecule has 5 atom stereocenters. The minimum atomic E-state index is -0.399. The smallest absolute Gasteiger partial charge is 0.225 e. The zero-order valence-corrected chi connectivity index (χ0v) is 11.5. The molecule has 4 saturated heterocycles. The highest BCUT2D eigenvalue weighted by Gasteiger charge is 2.51. The number of aliphatic hydroxyl groups excluding tert-OH is 1. The van der Waals surface area contributed by atoms with E-state index in [0.29, 0.717) is 30.3 Å². The number of carbonyl (C=O) groups excluding carboxylic acids is 1. The number of hydrogen-bond donors (Lipinski definition) is 1. The van der Waals surface area contributed by atoms with E-state index in [2.05, 4.69) is 9.80 Å². The summed E-state index contributed by atoms with van der Waals surface area (Å²) in [5.41, 5.74) is 0. The largest absolute Gasteiger partial charge is 0.393 e. The van der Waals surface area contributed by atoms with E-state index in [-0.39, 0.29) is 5.91 Å². The van der Waals surface area contributed by atoms with E-state index in [4.69, 9.17) is 0 Å². The second kappa shape index (κ2) is 4.45. The molecule has 0 aliphatic carbocycles. The van der Waals surface area contributed by atoms with Gasteiger partial charge in [0.05, 0.1) is 12.5 Å². The second-order valence-corrected chi connectivity index (χ2v) is 6.94. The van der Waals surface area contributed by atoms with E-state index in [1.165, 1.54) is 38.8 Å². The van der Waals surface area contributed by atoms with Gasteiger partial charge in [0.15, 0.2) is 0 Å². The predicted octanol–water partition coefficient (Wildman–Crippen LogP) is 0.842. The van der Waals surface area contributed by atoms with Gasteiger partial charge in [-0.05, 0) is 57.0 Å². The Kier molecular flexibility index (Phi) is 2.85. The third kappa shape index (κ3) is 1.83. The molecular formula is C15H24N2O2. The first-order valence-electron chi connectivity index (χ1n) is 7.95. The average Bonchev–Trinajstić information content (AvgIpc) is 2.41. The summed E-state index contributed by atoms with van der Waals surface area (Å²) in [6.07, 6.45) is 5.86. The molecule has 4 heterocycles. The standard InChI is InChI=1S/C15H24N2O2/c18-11-7-13-12-4-2-6-16-5-1-3-10(15(12)16)9-17(13)14(19)8-11/h10-13,15,18H,1-9H2/t10-,11-,12-,13+,15+/m0/s1. The van der Waals surface area contributed by atoms with Crippen molar-refractivity contribution in [1.82, 2.24) is 9.80 Å². The van der Waals surface area contributed by atoms with Crippen LogP contribution in [-0.2, 0) is 4.79 Å². The van der Waals surface area contributed by atoms with Crippen LogP contribution in [0.4, 0.5) is 0 Å². The molecule has 4 rings (SSSR count). The molecule has 4 nitrogen and oxygen atoms in total. The fraction of sp³-hybridized carbons (Fsp3) is 0.933. The quantitative estimate of drug-likeness (QED) is 0.705. The number of carbonyl (C=O) groups is 1. The van der Waals surface area contributed by atoms with Crippen LogP contribution in [0.3, 0.4) is 0 Å². The summed E-state index contributed by atoms with van der Waals surface area (Å²) < 4.78 is 0. The van der Waals surface area contributed by atoms with Gasteiger partial charge in [-0.25, -0.2) is 0 Å². The van der Waals surface area contributed by atoms with Crippen molar-refractivity contribution in [3.05, 3.63) is 0 Å². The first-order valence-corrected chi connectivity index (χ1v) is 7.95. The first kappa shape index (κ1) is 12.2. The Morgan fingerprint density at radius 1 is 1.16 bits per heavy atom. The number of amides is 1. The van der Waals surface area contributed by atoms with Crippen molar-refractivity contribution in [2.75, 3.05) is 19.6 Å². The Hall–Kier alpha value is -0.610. The molecule has 0 aromatic rings. The maximum Gasteiger partial charge on any atom is 0.225 e. The van der Waals surface area contributed by atoms with Crippen LogP contribution in [0, 0.1) is 11.8 Å². The Labute approximate surface area is 114 Å². The van der Waals surface area contributed by atoms with Gasteiger partial charge in [0.2, 0.25) is 5.91 Å². The molecule has 0 aromatic carbocycles. The lowest BCUT2D eigenvalue weighted by Crippen LogP contribution is -2.67. The van der Waals surface area contributed by atoms with Crippen LogP contribution < -0.4 is 0 Å².